The second kappa shape index (κ2) is 3.31. The molecule has 1 amide bonds. The average Bonchev–Trinajstić information content (AvgIpc) is 2.05. The molecule has 0 saturated carbocycles. The number of piperidine rings is 1. The fourth-order valence-corrected chi connectivity index (χ4v) is 1.50. The van der Waals surface area contributed by atoms with Gasteiger partial charge in [-0.1, -0.05) is 6.92 Å². The lowest BCUT2D eigenvalue weighted by Crippen LogP contribution is -2.51. The minimum atomic E-state index is -0.826. The molecule has 1 aliphatic rings. The molecule has 0 atom stereocenters. The Morgan fingerprint density at radius 2 is 2.08 bits per heavy atom. The number of nitrogens with zero attached hydrogens (tertiary/aromatic N) is 1. The monoisotopic (exact) mass is 172 g/mol. The minimum Gasteiger partial charge on any atom is -0.465 e. The van der Waals surface area contributed by atoms with Crippen LogP contribution in [0.15, 0.2) is 0 Å². The quantitative estimate of drug-likeness (QED) is 0.616. The number of carboxylic acid groups (broad SMARTS) is 1. The molecule has 0 unspecified atom stereocenters. The van der Waals surface area contributed by atoms with Crippen molar-refractivity contribution in [1.82, 2.24) is 4.90 Å². The van der Waals surface area contributed by atoms with Crippen molar-refractivity contribution in [3.8, 4) is 0 Å². The van der Waals surface area contributed by atoms with Crippen LogP contribution in [0.3, 0.4) is 0 Å². The molecular formula is C8H16N2O2. The molecule has 0 spiro atoms. The second-order valence-electron chi connectivity index (χ2n) is 3.49. The van der Waals surface area contributed by atoms with Crippen molar-refractivity contribution in [3.05, 3.63) is 0 Å². The summed E-state index contributed by atoms with van der Waals surface area (Å²) in [6, 6.07) is 0. The maximum absolute atomic E-state index is 10.5. The molecular weight excluding hydrogens is 156 g/mol. The zero-order chi connectivity index (χ0) is 9.19. The molecule has 1 rings (SSSR count). The molecule has 0 radical (unpaired) electrons. The summed E-state index contributed by atoms with van der Waals surface area (Å²) < 4.78 is 0. The van der Waals surface area contributed by atoms with Gasteiger partial charge < -0.3 is 15.7 Å². The predicted octanol–water partition coefficient (Wildman–Crippen LogP) is 0.868. The number of carbonyl (C=O) groups is 1. The van der Waals surface area contributed by atoms with Crippen molar-refractivity contribution in [2.45, 2.75) is 31.7 Å². The first-order valence-electron chi connectivity index (χ1n) is 4.34. The third-order valence-corrected chi connectivity index (χ3v) is 2.73. The lowest BCUT2D eigenvalue weighted by Gasteiger charge is -2.37. The van der Waals surface area contributed by atoms with E-state index in [-0.39, 0.29) is 5.54 Å². The van der Waals surface area contributed by atoms with Crippen LogP contribution in [0.25, 0.3) is 0 Å². The van der Waals surface area contributed by atoms with E-state index in [1.165, 1.54) is 4.90 Å². The highest BCUT2D eigenvalue weighted by atomic mass is 16.4. The van der Waals surface area contributed by atoms with E-state index in [1.807, 2.05) is 0 Å². The fraction of sp³-hybridized carbons (Fsp3) is 0.875. The molecule has 0 bridgehead atoms. The number of amides is 1. The number of rotatable bonds is 1. The summed E-state index contributed by atoms with van der Waals surface area (Å²) in [5.41, 5.74) is 5.88. The van der Waals surface area contributed by atoms with Crippen LogP contribution in [0.2, 0.25) is 0 Å². The Balaban J connectivity index is 2.44. The second-order valence-corrected chi connectivity index (χ2v) is 3.49. The summed E-state index contributed by atoms with van der Waals surface area (Å²) in [5.74, 6) is 0. The highest BCUT2D eigenvalue weighted by Crippen LogP contribution is 2.22. The van der Waals surface area contributed by atoms with Crippen LogP contribution in [0.4, 0.5) is 4.79 Å². The number of nitrogens with two attached hydrogens (primary N) is 1. The zero-order valence-corrected chi connectivity index (χ0v) is 7.42. The van der Waals surface area contributed by atoms with E-state index < -0.39 is 6.09 Å². The van der Waals surface area contributed by atoms with Gasteiger partial charge in [0.1, 0.15) is 0 Å². The Bertz CT molecular complexity index is 174. The van der Waals surface area contributed by atoms with Crippen LogP contribution >= 0.6 is 0 Å². The smallest absolute Gasteiger partial charge is 0.407 e. The van der Waals surface area contributed by atoms with E-state index >= 15 is 0 Å². The molecule has 0 aromatic heterocycles. The first-order valence-corrected chi connectivity index (χ1v) is 4.34. The van der Waals surface area contributed by atoms with Crippen molar-refractivity contribution in [3.63, 3.8) is 0 Å². The Hall–Kier alpha value is -0.770. The highest BCUT2D eigenvalue weighted by molar-refractivity contribution is 5.65. The van der Waals surface area contributed by atoms with Crippen LogP contribution in [0, 0.1) is 0 Å². The summed E-state index contributed by atoms with van der Waals surface area (Å²) in [6.45, 7) is 3.22. The van der Waals surface area contributed by atoms with Crippen LogP contribution in [-0.2, 0) is 0 Å². The molecule has 1 saturated heterocycles. The molecule has 1 aliphatic heterocycles. The normalized spacial score (nSPS) is 22.3. The van der Waals surface area contributed by atoms with Crippen molar-refractivity contribution < 1.29 is 9.90 Å². The van der Waals surface area contributed by atoms with Crippen molar-refractivity contribution in [2.75, 3.05) is 13.1 Å². The molecule has 4 heteroatoms. The first-order chi connectivity index (χ1) is 5.57. The SMILES string of the molecule is CCC1(N)CCN(C(=O)O)CC1. The van der Waals surface area contributed by atoms with Gasteiger partial charge >= 0.3 is 6.09 Å². The van der Waals surface area contributed by atoms with E-state index in [2.05, 4.69) is 6.92 Å². The molecule has 4 nitrogen and oxygen atoms in total. The molecule has 1 heterocycles. The lowest BCUT2D eigenvalue weighted by atomic mass is 9.86. The summed E-state index contributed by atoms with van der Waals surface area (Å²) in [7, 11) is 0. The number of hydrogen-bond acceptors (Lipinski definition) is 2. The van der Waals surface area contributed by atoms with Gasteiger partial charge in [0.25, 0.3) is 0 Å². The molecule has 0 aliphatic carbocycles. The van der Waals surface area contributed by atoms with Gasteiger partial charge in [-0.2, -0.15) is 0 Å². The van der Waals surface area contributed by atoms with Gasteiger partial charge in [0.05, 0.1) is 0 Å². The molecule has 70 valence electrons. The van der Waals surface area contributed by atoms with Crippen LogP contribution in [0.5, 0.6) is 0 Å². The fourth-order valence-electron chi connectivity index (χ4n) is 1.50. The first kappa shape index (κ1) is 9.32. The van der Waals surface area contributed by atoms with Crippen LogP contribution in [0.1, 0.15) is 26.2 Å². The summed E-state index contributed by atoms with van der Waals surface area (Å²) in [5, 5.41) is 8.67. The maximum atomic E-state index is 10.5. The topological polar surface area (TPSA) is 66.6 Å². The van der Waals surface area contributed by atoms with E-state index in [1.54, 1.807) is 0 Å². The third kappa shape index (κ3) is 1.88. The molecule has 12 heavy (non-hydrogen) atoms. The molecule has 0 aromatic rings. The largest absolute Gasteiger partial charge is 0.465 e. The van der Waals surface area contributed by atoms with Gasteiger partial charge in [0, 0.05) is 18.6 Å². The van der Waals surface area contributed by atoms with Gasteiger partial charge in [-0.3, -0.25) is 0 Å². The maximum Gasteiger partial charge on any atom is 0.407 e. The van der Waals surface area contributed by atoms with Gasteiger partial charge in [0.2, 0.25) is 0 Å². The average molecular weight is 172 g/mol. The summed E-state index contributed by atoms with van der Waals surface area (Å²) in [4.78, 5) is 12.0. The zero-order valence-electron chi connectivity index (χ0n) is 7.42. The van der Waals surface area contributed by atoms with Crippen molar-refractivity contribution >= 4 is 6.09 Å². The Morgan fingerprint density at radius 1 is 1.58 bits per heavy atom. The number of hydrogen-bond donors (Lipinski definition) is 2. The lowest BCUT2D eigenvalue weighted by molar-refractivity contribution is 0.116. The number of likely N-dealkylation sites (tertiary alicyclic amines) is 1. The van der Waals surface area contributed by atoms with Gasteiger partial charge in [0.15, 0.2) is 0 Å². The standard InChI is InChI=1S/C8H16N2O2/c1-2-8(9)3-5-10(6-4-8)7(11)12/h2-6,9H2,1H3,(H,11,12). The van der Waals surface area contributed by atoms with Crippen LogP contribution < -0.4 is 5.73 Å². The Labute approximate surface area is 72.3 Å². The highest BCUT2D eigenvalue weighted by Gasteiger charge is 2.30. The molecule has 1 fully saturated rings. The minimum absolute atomic E-state index is 0.119. The summed E-state index contributed by atoms with van der Waals surface area (Å²) >= 11 is 0. The van der Waals surface area contributed by atoms with E-state index in [9.17, 15) is 4.79 Å². The van der Waals surface area contributed by atoms with E-state index in [4.69, 9.17) is 10.8 Å². The Morgan fingerprint density at radius 3 is 2.42 bits per heavy atom. The van der Waals surface area contributed by atoms with Gasteiger partial charge in [-0.05, 0) is 19.3 Å². The van der Waals surface area contributed by atoms with E-state index in [0.717, 1.165) is 19.3 Å². The summed E-state index contributed by atoms with van der Waals surface area (Å²) in [6.07, 6.45) is 1.68. The Kier molecular flexibility index (Phi) is 2.57. The van der Waals surface area contributed by atoms with E-state index in [0.29, 0.717) is 13.1 Å². The van der Waals surface area contributed by atoms with Crippen LogP contribution in [-0.4, -0.2) is 34.7 Å². The molecule has 3 N–H and O–H groups in total. The third-order valence-electron chi connectivity index (χ3n) is 2.73. The predicted molar refractivity (Wildman–Crippen MR) is 46.0 cm³/mol. The van der Waals surface area contributed by atoms with Gasteiger partial charge in [-0.25, -0.2) is 4.79 Å². The van der Waals surface area contributed by atoms with Gasteiger partial charge in [-0.15, -0.1) is 0 Å². The van der Waals surface area contributed by atoms with Crippen molar-refractivity contribution in [2.24, 2.45) is 5.73 Å². The molecule has 0 aromatic carbocycles. The van der Waals surface area contributed by atoms with Crippen molar-refractivity contribution in [1.29, 1.82) is 0 Å².